The summed E-state index contributed by atoms with van der Waals surface area (Å²) in [5.41, 5.74) is 7.10. The molecule has 11 nitrogen and oxygen atoms in total. The number of anilines is 5. The molecule has 4 aromatic rings. The molecule has 0 aliphatic rings. The number of ether oxygens (including phenoxy) is 2. The summed E-state index contributed by atoms with van der Waals surface area (Å²) in [4.78, 5) is 24.7. The summed E-state index contributed by atoms with van der Waals surface area (Å²) in [5, 5.41) is 9.42. The van der Waals surface area contributed by atoms with Crippen molar-refractivity contribution >= 4 is 35.1 Å². The van der Waals surface area contributed by atoms with Gasteiger partial charge in [0.05, 0.1) is 26.5 Å². The molecule has 0 aliphatic heterocycles. The molecular weight excluding hydrogens is 450 g/mol. The van der Waals surface area contributed by atoms with E-state index in [1.54, 1.807) is 55.8 Å². The number of primary amides is 1. The maximum atomic E-state index is 11.3. The van der Waals surface area contributed by atoms with Gasteiger partial charge >= 0.3 is 0 Å². The Kier molecular flexibility index (Phi) is 7.26. The van der Waals surface area contributed by atoms with E-state index in [1.807, 2.05) is 19.1 Å². The minimum atomic E-state index is -0.501. The first-order valence-corrected chi connectivity index (χ1v) is 10.8. The molecule has 0 spiro atoms. The molecule has 0 aliphatic carbocycles. The van der Waals surface area contributed by atoms with E-state index in [0.29, 0.717) is 53.5 Å². The van der Waals surface area contributed by atoms with Crippen molar-refractivity contribution in [3.63, 3.8) is 0 Å². The van der Waals surface area contributed by atoms with Gasteiger partial charge in [-0.1, -0.05) is 0 Å². The predicted molar refractivity (Wildman–Crippen MR) is 132 cm³/mol. The molecule has 4 rings (SSSR count). The van der Waals surface area contributed by atoms with Crippen molar-refractivity contribution in [3.05, 3.63) is 72.2 Å². The Bertz CT molecular complexity index is 1280. The van der Waals surface area contributed by atoms with E-state index in [4.69, 9.17) is 19.6 Å². The van der Waals surface area contributed by atoms with Crippen LogP contribution in [0.4, 0.5) is 29.2 Å². The number of carbonyl (C=O) groups excluding carboxylic acids is 1. The lowest BCUT2D eigenvalue weighted by Gasteiger charge is -2.13. The van der Waals surface area contributed by atoms with Crippen molar-refractivity contribution in [1.29, 1.82) is 0 Å². The van der Waals surface area contributed by atoms with Crippen LogP contribution in [-0.2, 0) is 6.54 Å². The monoisotopic (exact) mass is 475 g/mol. The van der Waals surface area contributed by atoms with Crippen molar-refractivity contribution in [2.45, 2.75) is 13.5 Å². The molecule has 180 valence electrons. The standard InChI is InChI=1S/C24H25N7O4/c1-3-34-20-13-17(10-11-19(20)33-2)28-24-30-22(26-14-18-5-4-12-35-18)29-23(31-24)27-16-8-6-15(7-9-16)21(25)32/h4-13H,3,14H2,1-2H3,(H2,25,32)(H3,26,27,28,29,30,31). The molecule has 2 aromatic carbocycles. The van der Waals surface area contributed by atoms with Crippen molar-refractivity contribution < 1.29 is 18.7 Å². The molecule has 0 bridgehead atoms. The molecule has 0 radical (unpaired) electrons. The van der Waals surface area contributed by atoms with Gasteiger partial charge in [0.15, 0.2) is 11.5 Å². The Hall–Kier alpha value is -4.80. The number of aromatic nitrogens is 3. The van der Waals surface area contributed by atoms with Gasteiger partial charge in [-0.05, 0) is 55.5 Å². The molecule has 2 heterocycles. The number of nitrogens with one attached hydrogen (secondary N) is 3. The van der Waals surface area contributed by atoms with Gasteiger partial charge in [-0.2, -0.15) is 15.0 Å². The van der Waals surface area contributed by atoms with Gasteiger partial charge in [0.25, 0.3) is 0 Å². The van der Waals surface area contributed by atoms with Crippen LogP contribution in [0.3, 0.4) is 0 Å². The fourth-order valence-electron chi connectivity index (χ4n) is 3.14. The van der Waals surface area contributed by atoms with Gasteiger partial charge in [-0.3, -0.25) is 4.79 Å². The summed E-state index contributed by atoms with van der Waals surface area (Å²) in [6.45, 7) is 2.78. The molecular formula is C24H25N7O4. The highest BCUT2D eigenvalue weighted by atomic mass is 16.5. The number of nitrogens with two attached hydrogens (primary N) is 1. The van der Waals surface area contributed by atoms with Crippen LogP contribution >= 0.6 is 0 Å². The zero-order chi connectivity index (χ0) is 24.6. The predicted octanol–water partition coefficient (Wildman–Crippen LogP) is 4.07. The minimum absolute atomic E-state index is 0.287. The molecule has 0 fully saturated rings. The largest absolute Gasteiger partial charge is 0.493 e. The second kappa shape index (κ2) is 10.9. The summed E-state index contributed by atoms with van der Waals surface area (Å²) in [6.07, 6.45) is 1.60. The maximum Gasteiger partial charge on any atom is 0.248 e. The van der Waals surface area contributed by atoms with Gasteiger partial charge in [-0.15, -0.1) is 0 Å². The molecule has 0 saturated carbocycles. The average molecular weight is 476 g/mol. The molecule has 35 heavy (non-hydrogen) atoms. The highest BCUT2D eigenvalue weighted by molar-refractivity contribution is 5.93. The van der Waals surface area contributed by atoms with E-state index in [0.717, 1.165) is 5.76 Å². The van der Waals surface area contributed by atoms with Crippen molar-refractivity contribution in [3.8, 4) is 11.5 Å². The number of hydrogen-bond donors (Lipinski definition) is 4. The molecule has 5 N–H and O–H groups in total. The summed E-state index contributed by atoms with van der Waals surface area (Å²) in [6, 6.07) is 15.7. The number of methoxy groups -OCH3 is 1. The van der Waals surface area contributed by atoms with Gasteiger partial charge < -0.3 is 35.6 Å². The van der Waals surface area contributed by atoms with Crippen LogP contribution < -0.4 is 31.2 Å². The minimum Gasteiger partial charge on any atom is -0.493 e. The lowest BCUT2D eigenvalue weighted by atomic mass is 10.2. The number of carbonyl (C=O) groups is 1. The summed E-state index contributed by atoms with van der Waals surface area (Å²) >= 11 is 0. The first kappa shape index (κ1) is 23.4. The second-order valence-corrected chi connectivity index (χ2v) is 7.23. The van der Waals surface area contributed by atoms with Crippen molar-refractivity contribution in [2.24, 2.45) is 5.73 Å². The third kappa shape index (κ3) is 6.16. The molecule has 0 unspecified atom stereocenters. The quantitative estimate of drug-likeness (QED) is 0.250. The first-order chi connectivity index (χ1) is 17.0. The number of furan rings is 1. The maximum absolute atomic E-state index is 11.3. The van der Waals surface area contributed by atoms with Gasteiger partial charge in [0.1, 0.15) is 5.76 Å². The van der Waals surface area contributed by atoms with E-state index >= 15 is 0 Å². The van der Waals surface area contributed by atoms with Gasteiger partial charge in [-0.25, -0.2) is 0 Å². The topological polar surface area (TPSA) is 149 Å². The van der Waals surface area contributed by atoms with Crippen LogP contribution in [0.5, 0.6) is 11.5 Å². The SMILES string of the molecule is CCOc1cc(Nc2nc(NCc3ccco3)nc(Nc3ccc(C(N)=O)cc3)n2)ccc1OC. The van der Waals surface area contributed by atoms with Crippen LogP contribution in [0.2, 0.25) is 0 Å². The van der Waals surface area contributed by atoms with Crippen molar-refractivity contribution in [1.82, 2.24) is 15.0 Å². The molecule has 2 aromatic heterocycles. The van der Waals surface area contributed by atoms with Gasteiger partial charge in [0.2, 0.25) is 23.8 Å². The summed E-state index contributed by atoms with van der Waals surface area (Å²) < 4.78 is 16.4. The normalized spacial score (nSPS) is 10.5. The van der Waals surface area contributed by atoms with E-state index < -0.39 is 5.91 Å². The van der Waals surface area contributed by atoms with E-state index in [-0.39, 0.29) is 5.95 Å². The summed E-state index contributed by atoms with van der Waals surface area (Å²) in [7, 11) is 1.59. The Morgan fingerprint density at radius 1 is 0.943 bits per heavy atom. The van der Waals surface area contributed by atoms with E-state index in [1.165, 1.54) is 0 Å². The van der Waals surface area contributed by atoms with E-state index in [9.17, 15) is 4.79 Å². The number of nitrogens with zero attached hydrogens (tertiary/aromatic N) is 3. The average Bonchev–Trinajstić information content (AvgIpc) is 3.37. The Morgan fingerprint density at radius 3 is 2.26 bits per heavy atom. The van der Waals surface area contributed by atoms with Crippen LogP contribution in [0.25, 0.3) is 0 Å². The zero-order valence-electron chi connectivity index (χ0n) is 19.2. The lowest BCUT2D eigenvalue weighted by molar-refractivity contribution is 0.100. The Labute approximate surface area is 201 Å². The number of amides is 1. The van der Waals surface area contributed by atoms with Crippen LogP contribution in [0.1, 0.15) is 23.0 Å². The Morgan fingerprint density at radius 2 is 1.63 bits per heavy atom. The number of hydrogen-bond acceptors (Lipinski definition) is 10. The third-order valence-electron chi connectivity index (χ3n) is 4.78. The number of rotatable bonds is 11. The summed E-state index contributed by atoms with van der Waals surface area (Å²) in [5.74, 6) is 2.36. The molecule has 1 amide bonds. The highest BCUT2D eigenvalue weighted by Crippen LogP contribution is 2.31. The fourth-order valence-corrected chi connectivity index (χ4v) is 3.14. The highest BCUT2D eigenvalue weighted by Gasteiger charge is 2.11. The van der Waals surface area contributed by atoms with Crippen molar-refractivity contribution in [2.75, 3.05) is 29.7 Å². The smallest absolute Gasteiger partial charge is 0.248 e. The molecule has 0 saturated heterocycles. The lowest BCUT2D eigenvalue weighted by Crippen LogP contribution is -2.11. The fraction of sp³-hybridized carbons (Fsp3) is 0.167. The zero-order valence-corrected chi connectivity index (χ0v) is 19.2. The van der Waals surface area contributed by atoms with Crippen LogP contribution in [0, 0.1) is 0 Å². The van der Waals surface area contributed by atoms with Crippen LogP contribution in [0.15, 0.2) is 65.3 Å². The van der Waals surface area contributed by atoms with Crippen LogP contribution in [-0.4, -0.2) is 34.6 Å². The second-order valence-electron chi connectivity index (χ2n) is 7.23. The van der Waals surface area contributed by atoms with E-state index in [2.05, 4.69) is 30.9 Å². The Balaban J connectivity index is 1.60. The first-order valence-electron chi connectivity index (χ1n) is 10.8. The molecule has 11 heteroatoms. The third-order valence-corrected chi connectivity index (χ3v) is 4.78. The molecule has 0 atom stereocenters. The van der Waals surface area contributed by atoms with Gasteiger partial charge in [0, 0.05) is 23.0 Å². The number of benzene rings is 2.